The summed E-state index contributed by atoms with van der Waals surface area (Å²) in [7, 11) is 1.63. The van der Waals surface area contributed by atoms with Crippen LogP contribution >= 0.6 is 27.5 Å². The van der Waals surface area contributed by atoms with Gasteiger partial charge >= 0.3 is 0 Å². The fraction of sp³-hybridized carbons (Fsp3) is 0.0833. The van der Waals surface area contributed by atoms with Crippen molar-refractivity contribution in [3.05, 3.63) is 99.1 Å². The number of benzene rings is 3. The summed E-state index contributed by atoms with van der Waals surface area (Å²) in [4.78, 5) is 15.3. The number of ether oxygens (including phenoxy) is 1. The van der Waals surface area contributed by atoms with E-state index < -0.39 is 0 Å². The molecule has 0 saturated carbocycles. The van der Waals surface area contributed by atoms with Crippen LogP contribution in [0.4, 0.5) is 5.69 Å². The molecule has 0 radical (unpaired) electrons. The fourth-order valence-electron chi connectivity index (χ4n) is 3.94. The molecule has 4 aromatic rings. The number of anilines is 1. The molecule has 7 heteroatoms. The van der Waals surface area contributed by atoms with E-state index in [9.17, 15) is 4.79 Å². The molecule has 2 heterocycles. The van der Waals surface area contributed by atoms with Crippen LogP contribution in [0.5, 0.6) is 5.75 Å². The highest BCUT2D eigenvalue weighted by atomic mass is 79.9. The smallest absolute Gasteiger partial charge is 0.277 e. The number of nitrogens with one attached hydrogen (secondary N) is 1. The van der Waals surface area contributed by atoms with Crippen LogP contribution in [0.3, 0.4) is 0 Å². The van der Waals surface area contributed by atoms with Gasteiger partial charge in [-0.15, -0.1) is 0 Å². The lowest BCUT2D eigenvalue weighted by Crippen LogP contribution is -2.29. The number of aromatic amines is 1. The van der Waals surface area contributed by atoms with Crippen LogP contribution in [0.15, 0.2) is 77.3 Å². The van der Waals surface area contributed by atoms with Gasteiger partial charge in [0.2, 0.25) is 0 Å². The van der Waals surface area contributed by atoms with Crippen molar-refractivity contribution in [3.8, 4) is 17.0 Å². The highest BCUT2D eigenvalue weighted by molar-refractivity contribution is 9.10. The summed E-state index contributed by atoms with van der Waals surface area (Å²) >= 11 is 9.60. The largest absolute Gasteiger partial charge is 0.497 e. The lowest BCUT2D eigenvalue weighted by atomic mass is 9.96. The molecule has 1 aliphatic rings. The molecule has 5 nitrogen and oxygen atoms in total. The van der Waals surface area contributed by atoms with Crippen LogP contribution in [0.25, 0.3) is 11.3 Å². The monoisotopic (exact) mass is 493 g/mol. The number of fused-ring (bicyclic) bond motifs is 1. The van der Waals surface area contributed by atoms with Gasteiger partial charge in [0.05, 0.1) is 18.8 Å². The molecule has 154 valence electrons. The molecular weight excluding hydrogens is 478 g/mol. The van der Waals surface area contributed by atoms with E-state index in [4.69, 9.17) is 16.3 Å². The summed E-state index contributed by atoms with van der Waals surface area (Å²) in [5.74, 6) is 0.641. The van der Waals surface area contributed by atoms with E-state index in [1.165, 1.54) is 0 Å². The van der Waals surface area contributed by atoms with Crippen LogP contribution < -0.4 is 9.64 Å². The van der Waals surface area contributed by atoms with E-state index in [0.29, 0.717) is 10.7 Å². The number of hydrogen-bond donors (Lipinski definition) is 1. The standard InChI is InChI=1S/C24H17BrClN3O2/c1-31-19-12-4-14(5-13-19)21-20-22(28-27-21)24(30)29(18-10-6-16(25)7-11-18)23(20)15-2-8-17(26)9-3-15/h2-13,23H,1H3,(H,27,28). The second kappa shape index (κ2) is 7.87. The first-order valence-corrected chi connectivity index (χ1v) is 10.8. The molecule has 0 bridgehead atoms. The molecule has 1 unspecified atom stereocenters. The predicted molar refractivity (Wildman–Crippen MR) is 125 cm³/mol. The van der Waals surface area contributed by atoms with Crippen molar-refractivity contribution in [1.82, 2.24) is 10.2 Å². The number of halogens is 2. The maximum absolute atomic E-state index is 13.5. The normalized spacial score (nSPS) is 15.3. The van der Waals surface area contributed by atoms with Gasteiger partial charge in [-0.25, -0.2) is 0 Å². The van der Waals surface area contributed by atoms with E-state index >= 15 is 0 Å². The Morgan fingerprint density at radius 3 is 2.32 bits per heavy atom. The minimum Gasteiger partial charge on any atom is -0.497 e. The van der Waals surface area contributed by atoms with Crippen LogP contribution in [-0.4, -0.2) is 23.2 Å². The lowest BCUT2D eigenvalue weighted by molar-refractivity contribution is 0.0989. The molecule has 1 amide bonds. The number of amides is 1. The third-order valence-corrected chi connectivity index (χ3v) is 6.20. The second-order valence-corrected chi connectivity index (χ2v) is 8.55. The van der Waals surface area contributed by atoms with Gasteiger partial charge < -0.3 is 4.74 Å². The molecule has 0 spiro atoms. The topological polar surface area (TPSA) is 58.2 Å². The van der Waals surface area contributed by atoms with Crippen molar-refractivity contribution in [1.29, 1.82) is 0 Å². The maximum atomic E-state index is 13.5. The molecule has 0 fully saturated rings. The Morgan fingerprint density at radius 2 is 1.68 bits per heavy atom. The number of H-pyrrole nitrogens is 1. The summed E-state index contributed by atoms with van der Waals surface area (Å²) in [6.07, 6.45) is 0. The minimum atomic E-state index is -0.336. The second-order valence-electron chi connectivity index (χ2n) is 7.20. The zero-order valence-electron chi connectivity index (χ0n) is 16.5. The predicted octanol–water partition coefficient (Wildman–Crippen LogP) is 6.25. The summed E-state index contributed by atoms with van der Waals surface area (Å²) in [6.45, 7) is 0. The van der Waals surface area contributed by atoms with Gasteiger partial charge in [-0.05, 0) is 66.2 Å². The number of carbonyl (C=O) groups is 1. The molecule has 0 saturated heterocycles. The molecule has 1 N–H and O–H groups in total. The first-order valence-electron chi connectivity index (χ1n) is 9.64. The van der Waals surface area contributed by atoms with Gasteiger partial charge in [-0.3, -0.25) is 14.8 Å². The third-order valence-electron chi connectivity index (χ3n) is 5.42. The van der Waals surface area contributed by atoms with Crippen molar-refractivity contribution >= 4 is 39.1 Å². The Bertz CT molecular complexity index is 1250. The molecule has 1 atom stereocenters. The van der Waals surface area contributed by atoms with Crippen molar-refractivity contribution < 1.29 is 9.53 Å². The summed E-state index contributed by atoms with van der Waals surface area (Å²) in [6, 6.07) is 22.6. The number of carbonyl (C=O) groups excluding carboxylic acids is 1. The maximum Gasteiger partial charge on any atom is 0.277 e. The SMILES string of the molecule is COc1ccc(-c2n[nH]c3c2C(c2ccc(Cl)cc2)N(c2ccc(Br)cc2)C3=O)cc1. The Balaban J connectivity index is 1.69. The number of methoxy groups -OCH3 is 1. The average molecular weight is 495 g/mol. The summed E-state index contributed by atoms with van der Waals surface area (Å²) in [5.41, 5.74) is 4.75. The van der Waals surface area contributed by atoms with Crippen LogP contribution in [0, 0.1) is 0 Å². The highest BCUT2D eigenvalue weighted by Crippen LogP contribution is 2.45. The Labute approximate surface area is 192 Å². The number of aromatic nitrogens is 2. The number of nitrogens with zero attached hydrogens (tertiary/aromatic N) is 2. The molecule has 0 aliphatic carbocycles. The van der Waals surface area contributed by atoms with Gasteiger partial charge in [0.25, 0.3) is 5.91 Å². The first kappa shape index (κ1) is 19.8. The number of hydrogen-bond acceptors (Lipinski definition) is 3. The van der Waals surface area contributed by atoms with Crippen LogP contribution in [-0.2, 0) is 0 Å². The highest BCUT2D eigenvalue weighted by Gasteiger charge is 2.43. The van der Waals surface area contributed by atoms with E-state index in [2.05, 4.69) is 26.1 Å². The summed E-state index contributed by atoms with van der Waals surface area (Å²) in [5, 5.41) is 8.12. The van der Waals surface area contributed by atoms with E-state index in [1.54, 1.807) is 12.0 Å². The lowest BCUT2D eigenvalue weighted by Gasteiger charge is -2.26. The zero-order chi connectivity index (χ0) is 21.5. The minimum absolute atomic E-state index is 0.121. The molecule has 1 aromatic heterocycles. The first-order chi connectivity index (χ1) is 15.1. The van der Waals surface area contributed by atoms with Crippen molar-refractivity contribution in [2.24, 2.45) is 0 Å². The Kier molecular flexibility index (Phi) is 5.04. The van der Waals surface area contributed by atoms with E-state index in [-0.39, 0.29) is 11.9 Å². The Hall–Kier alpha value is -3.09. The zero-order valence-corrected chi connectivity index (χ0v) is 18.8. The van der Waals surface area contributed by atoms with E-state index in [0.717, 1.165) is 38.3 Å². The van der Waals surface area contributed by atoms with Crippen molar-refractivity contribution in [2.75, 3.05) is 12.0 Å². The van der Waals surface area contributed by atoms with Gasteiger partial charge in [0, 0.05) is 26.3 Å². The van der Waals surface area contributed by atoms with Gasteiger partial charge in [0.15, 0.2) is 0 Å². The molecule has 5 rings (SSSR count). The van der Waals surface area contributed by atoms with Crippen LogP contribution in [0.1, 0.15) is 27.7 Å². The fourth-order valence-corrected chi connectivity index (χ4v) is 4.33. The molecule has 31 heavy (non-hydrogen) atoms. The average Bonchev–Trinajstić information content (AvgIpc) is 3.34. The molecule has 3 aromatic carbocycles. The summed E-state index contributed by atoms with van der Waals surface area (Å²) < 4.78 is 6.22. The van der Waals surface area contributed by atoms with Crippen LogP contribution in [0.2, 0.25) is 5.02 Å². The molecular formula is C24H17BrClN3O2. The van der Waals surface area contributed by atoms with Gasteiger partial charge in [-0.1, -0.05) is 39.7 Å². The third kappa shape index (κ3) is 3.42. The Morgan fingerprint density at radius 1 is 1.00 bits per heavy atom. The van der Waals surface area contributed by atoms with E-state index in [1.807, 2.05) is 72.8 Å². The van der Waals surface area contributed by atoms with Crippen molar-refractivity contribution in [3.63, 3.8) is 0 Å². The van der Waals surface area contributed by atoms with Crippen molar-refractivity contribution in [2.45, 2.75) is 6.04 Å². The van der Waals surface area contributed by atoms with Gasteiger partial charge in [0.1, 0.15) is 11.4 Å². The quantitative estimate of drug-likeness (QED) is 0.365. The number of rotatable bonds is 4. The molecule has 1 aliphatic heterocycles. The van der Waals surface area contributed by atoms with Gasteiger partial charge in [-0.2, -0.15) is 5.10 Å².